The van der Waals surface area contributed by atoms with Gasteiger partial charge in [0.25, 0.3) is 0 Å². The second-order valence-corrected chi connectivity index (χ2v) is 4.79. The first kappa shape index (κ1) is 10.5. The maximum Gasteiger partial charge on any atom is 0.246 e. The first-order chi connectivity index (χ1) is 6.89. The summed E-state index contributed by atoms with van der Waals surface area (Å²) in [4.78, 5) is 11.3. The van der Waals surface area contributed by atoms with E-state index in [-0.39, 0.29) is 5.78 Å². The molecule has 3 nitrogen and oxygen atoms in total. The quantitative estimate of drug-likeness (QED) is 0.736. The molecule has 0 radical (unpaired) electrons. The van der Waals surface area contributed by atoms with Crippen LogP contribution in [-0.4, -0.2) is 11.6 Å². The largest absolute Gasteiger partial charge is 0.449 e. The lowest BCUT2D eigenvalue weighted by atomic mass is 10.1. The Morgan fingerprint density at radius 1 is 1.27 bits per heavy atom. The Balaban J connectivity index is 2.50. The van der Waals surface area contributed by atoms with Gasteiger partial charge in [0.1, 0.15) is 0 Å². The van der Waals surface area contributed by atoms with Gasteiger partial charge in [-0.05, 0) is 35.0 Å². The van der Waals surface area contributed by atoms with Crippen molar-refractivity contribution in [2.45, 2.75) is 26.6 Å². The number of benzene rings is 1. The summed E-state index contributed by atoms with van der Waals surface area (Å²) < 4.78 is 11.8. The Labute approximate surface area is 96.5 Å². The van der Waals surface area contributed by atoms with Crippen molar-refractivity contribution in [2.75, 3.05) is 0 Å². The van der Waals surface area contributed by atoms with Crippen LogP contribution in [0.1, 0.15) is 31.1 Å². The monoisotopic (exact) mass is 270 g/mol. The number of hydrogen-bond donors (Lipinski definition) is 0. The van der Waals surface area contributed by atoms with Crippen molar-refractivity contribution in [3.63, 3.8) is 0 Å². The number of carbonyl (C=O) groups excluding carboxylic acids is 1. The van der Waals surface area contributed by atoms with Gasteiger partial charge in [0.05, 0.1) is 0 Å². The summed E-state index contributed by atoms with van der Waals surface area (Å²) in [5.41, 5.74) is 0.607. The van der Waals surface area contributed by atoms with Gasteiger partial charge in [-0.1, -0.05) is 0 Å². The van der Waals surface area contributed by atoms with Gasteiger partial charge in [0, 0.05) is 23.9 Å². The molecule has 0 aromatic heterocycles. The minimum absolute atomic E-state index is 0.00187. The van der Waals surface area contributed by atoms with Crippen LogP contribution in [0, 0.1) is 0 Å². The van der Waals surface area contributed by atoms with Gasteiger partial charge in [-0.25, -0.2) is 0 Å². The van der Waals surface area contributed by atoms with E-state index < -0.39 is 5.79 Å². The number of carbonyl (C=O) groups is 1. The van der Waals surface area contributed by atoms with E-state index in [1.807, 2.05) is 13.8 Å². The van der Waals surface area contributed by atoms with Crippen LogP contribution in [0.5, 0.6) is 11.5 Å². The Kier molecular flexibility index (Phi) is 2.26. The Morgan fingerprint density at radius 2 is 1.80 bits per heavy atom. The zero-order valence-corrected chi connectivity index (χ0v) is 10.3. The van der Waals surface area contributed by atoms with E-state index >= 15 is 0 Å². The average Bonchev–Trinajstić information content (AvgIpc) is 2.36. The topological polar surface area (TPSA) is 35.5 Å². The van der Waals surface area contributed by atoms with Crippen molar-refractivity contribution in [3.05, 3.63) is 22.2 Å². The molecule has 2 rings (SSSR count). The van der Waals surface area contributed by atoms with Gasteiger partial charge in [-0.2, -0.15) is 0 Å². The first-order valence-electron chi connectivity index (χ1n) is 4.61. The number of ketones is 1. The predicted molar refractivity (Wildman–Crippen MR) is 59.5 cm³/mol. The lowest BCUT2D eigenvalue weighted by Crippen LogP contribution is -2.29. The first-order valence-corrected chi connectivity index (χ1v) is 5.41. The fraction of sp³-hybridized carbons (Fsp3) is 0.364. The Hall–Kier alpha value is -1.03. The van der Waals surface area contributed by atoms with Crippen LogP contribution in [0.2, 0.25) is 0 Å². The minimum atomic E-state index is -0.656. The molecule has 4 heteroatoms. The third-order valence-electron chi connectivity index (χ3n) is 2.12. The third kappa shape index (κ3) is 1.86. The van der Waals surface area contributed by atoms with Crippen LogP contribution < -0.4 is 9.47 Å². The van der Waals surface area contributed by atoms with Crippen molar-refractivity contribution < 1.29 is 14.3 Å². The fourth-order valence-corrected chi connectivity index (χ4v) is 2.12. The summed E-state index contributed by atoms with van der Waals surface area (Å²) >= 11 is 3.33. The van der Waals surface area contributed by atoms with E-state index in [0.29, 0.717) is 17.1 Å². The minimum Gasteiger partial charge on any atom is -0.449 e. The van der Waals surface area contributed by atoms with E-state index in [2.05, 4.69) is 15.9 Å². The number of ether oxygens (including phenoxy) is 2. The van der Waals surface area contributed by atoms with Crippen molar-refractivity contribution >= 4 is 21.7 Å². The standard InChI is InChI=1S/C11H11BrO3/c1-6(13)7-4-9-10(5-8(7)12)15-11(2,3)14-9/h4-5H,1-3H3. The van der Waals surface area contributed by atoms with E-state index in [1.54, 1.807) is 12.1 Å². The van der Waals surface area contributed by atoms with Gasteiger partial charge in [0.15, 0.2) is 17.3 Å². The molecule has 1 aliphatic heterocycles. The van der Waals surface area contributed by atoms with Crippen molar-refractivity contribution in [1.29, 1.82) is 0 Å². The van der Waals surface area contributed by atoms with Crippen molar-refractivity contribution in [3.8, 4) is 11.5 Å². The van der Waals surface area contributed by atoms with Crippen LogP contribution in [0.3, 0.4) is 0 Å². The number of fused-ring (bicyclic) bond motifs is 1. The van der Waals surface area contributed by atoms with Gasteiger partial charge < -0.3 is 9.47 Å². The molecule has 1 aromatic carbocycles. The Bertz CT molecular complexity index is 438. The summed E-state index contributed by atoms with van der Waals surface area (Å²) in [6.07, 6.45) is 0. The average molecular weight is 271 g/mol. The summed E-state index contributed by atoms with van der Waals surface area (Å²) in [5, 5.41) is 0. The smallest absolute Gasteiger partial charge is 0.246 e. The molecule has 80 valence electrons. The normalized spacial score (nSPS) is 16.5. The van der Waals surface area contributed by atoms with Crippen LogP contribution in [-0.2, 0) is 0 Å². The van der Waals surface area contributed by atoms with Crippen LogP contribution in [0.4, 0.5) is 0 Å². The molecule has 0 unspecified atom stereocenters. The van der Waals surface area contributed by atoms with E-state index in [4.69, 9.17) is 9.47 Å². The summed E-state index contributed by atoms with van der Waals surface area (Å²) in [5.74, 6) is 0.625. The molecule has 0 amide bonds. The van der Waals surface area contributed by atoms with Crippen molar-refractivity contribution in [2.24, 2.45) is 0 Å². The molecule has 0 saturated carbocycles. The second-order valence-electron chi connectivity index (χ2n) is 3.94. The molecule has 0 N–H and O–H groups in total. The van der Waals surface area contributed by atoms with E-state index in [9.17, 15) is 4.79 Å². The lowest BCUT2D eigenvalue weighted by molar-refractivity contribution is -0.0431. The molecular weight excluding hydrogens is 260 g/mol. The highest BCUT2D eigenvalue weighted by Crippen LogP contribution is 2.42. The molecule has 1 heterocycles. The van der Waals surface area contributed by atoms with E-state index in [0.717, 1.165) is 4.47 Å². The lowest BCUT2D eigenvalue weighted by Gasteiger charge is -2.16. The molecule has 0 fully saturated rings. The molecule has 1 aromatic rings. The molecular formula is C11H11BrO3. The molecule has 0 spiro atoms. The highest BCUT2D eigenvalue weighted by atomic mass is 79.9. The highest BCUT2D eigenvalue weighted by molar-refractivity contribution is 9.10. The fourth-order valence-electron chi connectivity index (χ4n) is 1.51. The number of rotatable bonds is 1. The summed E-state index contributed by atoms with van der Waals surface area (Å²) in [7, 11) is 0. The number of halogens is 1. The van der Waals surface area contributed by atoms with Crippen LogP contribution in [0.25, 0.3) is 0 Å². The molecule has 0 bridgehead atoms. The van der Waals surface area contributed by atoms with Gasteiger partial charge >= 0.3 is 0 Å². The summed E-state index contributed by atoms with van der Waals surface area (Å²) in [6.45, 7) is 5.18. The molecule has 15 heavy (non-hydrogen) atoms. The second kappa shape index (κ2) is 3.23. The van der Waals surface area contributed by atoms with Crippen LogP contribution in [0.15, 0.2) is 16.6 Å². The predicted octanol–water partition coefficient (Wildman–Crippen LogP) is 3.16. The molecule has 0 aliphatic carbocycles. The summed E-state index contributed by atoms with van der Waals surface area (Å²) in [6, 6.07) is 3.47. The third-order valence-corrected chi connectivity index (χ3v) is 2.78. The highest BCUT2D eigenvalue weighted by Gasteiger charge is 2.32. The zero-order chi connectivity index (χ0) is 11.2. The number of Topliss-reactive ketones (excluding diaryl/α,β-unsaturated/α-hetero) is 1. The molecule has 0 atom stereocenters. The van der Waals surface area contributed by atoms with E-state index in [1.165, 1.54) is 6.92 Å². The van der Waals surface area contributed by atoms with Gasteiger partial charge in [-0.3, -0.25) is 4.79 Å². The SMILES string of the molecule is CC(=O)c1cc2c(cc1Br)OC(C)(C)O2. The molecule has 0 saturated heterocycles. The number of hydrogen-bond acceptors (Lipinski definition) is 3. The molecule has 1 aliphatic rings. The van der Waals surface area contributed by atoms with Crippen LogP contribution >= 0.6 is 15.9 Å². The maximum absolute atomic E-state index is 11.3. The zero-order valence-electron chi connectivity index (χ0n) is 8.76. The van der Waals surface area contributed by atoms with Gasteiger partial charge in [-0.15, -0.1) is 0 Å². The maximum atomic E-state index is 11.3. The Morgan fingerprint density at radius 3 is 2.33 bits per heavy atom. The van der Waals surface area contributed by atoms with Gasteiger partial charge in [0.2, 0.25) is 5.79 Å². The van der Waals surface area contributed by atoms with Crippen molar-refractivity contribution in [1.82, 2.24) is 0 Å².